The van der Waals surface area contributed by atoms with E-state index in [1.807, 2.05) is 24.3 Å². The van der Waals surface area contributed by atoms with Gasteiger partial charge in [-0.15, -0.1) is 0 Å². The number of carbonyl (C=O) groups excluding carboxylic acids is 1. The van der Waals surface area contributed by atoms with Crippen LogP contribution >= 0.6 is 15.9 Å². The van der Waals surface area contributed by atoms with Crippen molar-refractivity contribution in [3.05, 3.63) is 69.7 Å². The van der Waals surface area contributed by atoms with Crippen molar-refractivity contribution in [1.29, 1.82) is 0 Å². The van der Waals surface area contributed by atoms with E-state index in [2.05, 4.69) is 15.9 Å². The van der Waals surface area contributed by atoms with Crippen molar-refractivity contribution < 1.29 is 19.4 Å². The molecule has 0 unspecified atom stereocenters. The number of aromatic carboxylic acids is 1. The van der Waals surface area contributed by atoms with Crippen LogP contribution in [0, 0.1) is 0 Å². The summed E-state index contributed by atoms with van der Waals surface area (Å²) in [7, 11) is 21.7. The van der Waals surface area contributed by atoms with Gasteiger partial charge in [0.2, 0.25) is 0 Å². The van der Waals surface area contributed by atoms with Gasteiger partial charge in [-0.05, 0) is 59.8 Å². The van der Waals surface area contributed by atoms with E-state index in [1.54, 1.807) is 122 Å². The summed E-state index contributed by atoms with van der Waals surface area (Å²) in [4.78, 5) is 22.0. The normalized spacial score (nSPS) is 13.2. The number of ether oxygens (including phenoxy) is 1. The van der Waals surface area contributed by atoms with Crippen LogP contribution in [0.4, 0.5) is 0 Å². The molecule has 1 spiro atoms. The molecule has 2 aliphatic rings. The van der Waals surface area contributed by atoms with Gasteiger partial charge in [0.25, 0.3) is 0 Å². The third kappa shape index (κ3) is 13.6. The van der Waals surface area contributed by atoms with Gasteiger partial charge in [0.05, 0.1) is 11.1 Å². The predicted octanol–water partition coefficient (Wildman–Crippen LogP) is 4.74. The van der Waals surface area contributed by atoms with E-state index in [1.165, 1.54) is 30.6 Å². The number of halogens is 1. The molecular weight excluding hydrogens is 853 g/mol. The number of esters is 1. The van der Waals surface area contributed by atoms with Gasteiger partial charge in [-0.25, -0.2) is 9.59 Å². The molecule has 39 heavy (non-hydrogen) atoms. The Hall–Kier alpha value is 1.16. The topological polar surface area (TPSA) is 63.6 Å². The molecule has 4 rings (SSSR count). The van der Waals surface area contributed by atoms with Crippen molar-refractivity contribution in [3.63, 3.8) is 0 Å². The Morgan fingerprint density at radius 3 is 1.69 bits per heavy atom. The lowest BCUT2D eigenvalue weighted by atomic mass is 9.91. The Labute approximate surface area is 281 Å². The number of hydrogen-bond acceptors (Lipinski definition) is 5. The van der Waals surface area contributed by atoms with Gasteiger partial charge in [0.1, 0.15) is 5.60 Å². The lowest BCUT2D eigenvalue weighted by Gasteiger charge is -2.22. The summed E-state index contributed by atoms with van der Waals surface area (Å²) in [6.45, 7) is 0. The van der Waals surface area contributed by atoms with Crippen molar-refractivity contribution >= 4 is 166 Å². The monoisotopic (exact) mass is 868 g/mol. The van der Waals surface area contributed by atoms with Gasteiger partial charge in [0.15, 0.2) is 0 Å². The number of carbonyl (C=O) groups is 2. The molecule has 4 nitrogen and oxygen atoms in total. The number of carboxylic acids is 1. The third-order valence-electron chi connectivity index (χ3n) is 4.77. The van der Waals surface area contributed by atoms with E-state index in [4.69, 9.17) is 32.2 Å². The molecule has 0 aromatic heterocycles. The maximum absolute atomic E-state index is 11.6. The van der Waals surface area contributed by atoms with Crippen LogP contribution in [0.15, 0.2) is 53.0 Å². The molecule has 0 atom stereocenters. The van der Waals surface area contributed by atoms with E-state index >= 15 is 0 Å². The van der Waals surface area contributed by atoms with E-state index in [0.717, 1.165) is 24.0 Å². The van der Waals surface area contributed by atoms with Gasteiger partial charge in [-0.1, -0.05) is 30.3 Å². The van der Waals surface area contributed by atoms with E-state index < -0.39 is 5.97 Å². The second kappa shape index (κ2) is 21.8. The highest BCUT2D eigenvalue weighted by Gasteiger charge is 2.46. The van der Waals surface area contributed by atoms with Crippen molar-refractivity contribution in [2.45, 2.75) is 31.3 Å². The highest BCUT2D eigenvalue weighted by molar-refractivity contribution is 9.10. The zero-order valence-electron chi connectivity index (χ0n) is 19.1. The lowest BCUT2D eigenvalue weighted by Crippen LogP contribution is -2.21. The molecule has 0 radical (unpaired) electrons. The fraction of sp³-hybridized carbons (Fsp3) is 0.263. The van der Waals surface area contributed by atoms with Gasteiger partial charge in [-0.3, -0.25) is 0 Å². The first-order chi connectivity index (χ1) is 18.9. The van der Waals surface area contributed by atoms with Crippen LogP contribution in [0.2, 0.25) is 0 Å². The maximum atomic E-state index is 11.6. The Morgan fingerprint density at radius 2 is 1.23 bits per heavy atom. The van der Waals surface area contributed by atoms with Crippen molar-refractivity contribution in [2.75, 3.05) is 0 Å². The van der Waals surface area contributed by atoms with E-state index in [0.29, 0.717) is 10.0 Å². The van der Waals surface area contributed by atoms with Crippen LogP contribution in [-0.2, 0) is 148 Å². The number of fused-ring (bicyclic) bond motifs is 2. The quantitative estimate of drug-likeness (QED) is 0.419. The highest BCUT2D eigenvalue weighted by atomic mass is 79.9. The first-order valence-electron chi connectivity index (χ1n) is 10.2. The zero-order valence-corrected chi connectivity index (χ0v) is 33.0. The molecule has 1 aliphatic heterocycles. The molecule has 0 saturated heterocycles. The van der Waals surface area contributed by atoms with Crippen LogP contribution in [0.25, 0.3) is 0 Å². The summed E-state index contributed by atoms with van der Waals surface area (Å²) >= 11 is 12.6. The molecule has 2 aromatic rings. The Bertz CT molecular complexity index is 1710. The van der Waals surface area contributed by atoms with Crippen LogP contribution in [0.5, 0.6) is 0 Å². The van der Waals surface area contributed by atoms with Crippen LogP contribution < -0.4 is 0 Å². The fourth-order valence-corrected chi connectivity index (χ4v) is 34.1. The van der Waals surface area contributed by atoms with Crippen LogP contribution in [0.1, 0.15) is 52.0 Å². The molecule has 214 valence electrons. The molecule has 1 fully saturated rings. The van der Waals surface area contributed by atoms with E-state index in [-0.39, 0.29) is 11.6 Å². The molecule has 0 bridgehead atoms. The lowest BCUT2D eigenvalue weighted by molar-refractivity contribution is -0.00483. The first-order valence-corrected chi connectivity index (χ1v) is 29.6. The smallest absolute Gasteiger partial charge is 0.339 e. The molecule has 2 aromatic carbocycles. The Kier molecular flexibility index (Phi) is 20.3. The average Bonchev–Trinajstić information content (AvgIpc) is 3.52. The Balaban J connectivity index is 0.000000209. The van der Waals surface area contributed by atoms with Crippen molar-refractivity contribution in [3.8, 4) is 0 Å². The van der Waals surface area contributed by atoms with Gasteiger partial charge in [-0.2, -0.15) is 0 Å². The van der Waals surface area contributed by atoms with Gasteiger partial charge < -0.3 is 9.84 Å². The molecule has 1 heterocycles. The minimum Gasteiger partial charge on any atom is -0.478 e. The van der Waals surface area contributed by atoms with Crippen LogP contribution in [-0.4, -0.2) is 17.0 Å². The Morgan fingerprint density at radius 1 is 0.769 bits per heavy atom. The van der Waals surface area contributed by atoms with Crippen molar-refractivity contribution in [1.82, 2.24) is 0 Å². The van der Waals surface area contributed by atoms with Crippen LogP contribution in [0.3, 0.4) is 0 Å². The molecule has 20 heteroatoms. The largest absolute Gasteiger partial charge is 0.478 e. The minimum absolute atomic E-state index is 0.137. The summed E-state index contributed by atoms with van der Waals surface area (Å²) in [5, 5.41) is 8.54. The second-order valence-electron chi connectivity index (χ2n) is 6.81. The standard InChI is InChI=1S/C12H12O2.C7H5BrO2.S15/c13-11-9-5-1-2-6-10(9)12(14-11)7-3-4-8-12;8-6-4-2-1-3-5(6)7(9)10;1-3-5-7-9-11-13-15-14-12-10-8-6-4-2/h1-2,5-6H,3-4,7-8H2;1-4H,(H,9,10);. The molecule has 0 amide bonds. The molecule has 1 saturated carbocycles. The number of benzene rings is 2. The summed E-state index contributed by atoms with van der Waals surface area (Å²) in [6.07, 6.45) is 4.33. The maximum Gasteiger partial charge on any atom is 0.339 e. The zero-order chi connectivity index (χ0) is 28.3. The third-order valence-corrected chi connectivity index (χ3v) is 32.1. The molecule has 1 N–H and O–H groups in total. The first kappa shape index (κ1) is 36.4. The molecular formula is C19H17BrO4S15. The number of rotatable bonds is 1. The van der Waals surface area contributed by atoms with Gasteiger partial charge >= 0.3 is 11.9 Å². The number of hydrogen-bond donors (Lipinski definition) is 1. The van der Waals surface area contributed by atoms with E-state index in [9.17, 15) is 9.59 Å². The second-order valence-corrected chi connectivity index (χ2v) is 30.7. The number of carboxylic acid groups (broad SMARTS) is 1. The predicted molar refractivity (Wildman–Crippen MR) is 204 cm³/mol. The fourth-order valence-electron chi connectivity index (χ4n) is 3.42. The summed E-state index contributed by atoms with van der Waals surface area (Å²) in [5.74, 6) is -1.05. The summed E-state index contributed by atoms with van der Waals surface area (Å²) < 4.78 is 6.15. The van der Waals surface area contributed by atoms with Crippen molar-refractivity contribution in [2.24, 2.45) is 0 Å². The summed E-state index contributed by atoms with van der Waals surface area (Å²) in [5.41, 5.74) is 1.92. The van der Waals surface area contributed by atoms with Gasteiger partial charge in [0, 0.05) is 148 Å². The minimum atomic E-state index is -0.910. The molecule has 1 aliphatic carbocycles. The highest BCUT2D eigenvalue weighted by Crippen LogP contribution is 2.47. The average molecular weight is 870 g/mol. The SMILES string of the molecule is O=C(O)c1ccccc1Br.O=C1OC2(CCCC2)c2ccccc21.S=S=S=S=S=S=S=S=S=S=S=S=S=S=S. The summed E-state index contributed by atoms with van der Waals surface area (Å²) in [6, 6.07) is 14.5.